The first-order valence-corrected chi connectivity index (χ1v) is 6.57. The van der Waals surface area contributed by atoms with Crippen LogP contribution in [-0.4, -0.2) is 39.6 Å². The summed E-state index contributed by atoms with van der Waals surface area (Å²) in [6.45, 7) is 2.40. The molecule has 1 aliphatic heterocycles. The molecular formula is C12H17ClN4O2. The van der Waals surface area contributed by atoms with Gasteiger partial charge in [-0.05, 0) is 6.42 Å². The maximum Gasteiger partial charge on any atom is 0.246 e. The number of aromatic nitrogens is 2. The van der Waals surface area contributed by atoms with Crippen molar-refractivity contribution in [1.82, 2.24) is 20.0 Å². The van der Waals surface area contributed by atoms with Crippen LogP contribution in [0.25, 0.3) is 0 Å². The average molecular weight is 285 g/mol. The number of carbonyl (C=O) groups is 2. The fourth-order valence-corrected chi connectivity index (χ4v) is 2.51. The van der Waals surface area contributed by atoms with E-state index in [1.807, 2.05) is 14.0 Å². The van der Waals surface area contributed by atoms with Crippen molar-refractivity contribution in [3.63, 3.8) is 0 Å². The Kier molecular flexibility index (Phi) is 3.91. The molecule has 1 saturated heterocycles. The number of rotatable bonds is 4. The molecule has 7 heteroatoms. The van der Waals surface area contributed by atoms with Gasteiger partial charge >= 0.3 is 0 Å². The number of hydrogen-bond acceptors (Lipinski definition) is 4. The zero-order chi connectivity index (χ0) is 14.2. The highest BCUT2D eigenvalue weighted by Crippen LogP contribution is 2.21. The number of hydrogen-bond donors (Lipinski definition) is 1. The molecule has 2 rings (SSSR count). The summed E-state index contributed by atoms with van der Waals surface area (Å²) in [6.07, 6.45) is 0.960. The smallest absolute Gasteiger partial charge is 0.246 e. The minimum absolute atomic E-state index is 0.159. The van der Waals surface area contributed by atoms with Crippen molar-refractivity contribution in [1.29, 1.82) is 0 Å². The molecule has 0 saturated carbocycles. The van der Waals surface area contributed by atoms with Gasteiger partial charge in [-0.3, -0.25) is 24.5 Å². The Bertz CT molecular complexity index is 526. The first kappa shape index (κ1) is 14.0. The van der Waals surface area contributed by atoms with Gasteiger partial charge in [-0.25, -0.2) is 0 Å². The zero-order valence-electron chi connectivity index (χ0n) is 11.2. The Morgan fingerprint density at radius 1 is 1.42 bits per heavy atom. The number of nitrogens with zero attached hydrogens (tertiary/aromatic N) is 3. The number of aryl methyl sites for hydroxylation is 2. The molecule has 1 N–H and O–H groups in total. The Labute approximate surface area is 116 Å². The summed E-state index contributed by atoms with van der Waals surface area (Å²) in [6, 6.07) is -0.464. The van der Waals surface area contributed by atoms with Gasteiger partial charge in [-0.1, -0.05) is 18.5 Å². The Balaban J connectivity index is 2.06. The first-order valence-electron chi connectivity index (χ1n) is 6.19. The molecule has 0 aromatic carbocycles. The quantitative estimate of drug-likeness (QED) is 0.817. The van der Waals surface area contributed by atoms with E-state index in [1.165, 1.54) is 7.05 Å². The van der Waals surface area contributed by atoms with Crippen molar-refractivity contribution < 1.29 is 9.59 Å². The molecule has 1 unspecified atom stereocenters. The summed E-state index contributed by atoms with van der Waals surface area (Å²) in [7, 11) is 3.31. The van der Waals surface area contributed by atoms with Crippen LogP contribution in [0.3, 0.4) is 0 Å². The van der Waals surface area contributed by atoms with Crippen molar-refractivity contribution in [2.45, 2.75) is 32.4 Å². The summed E-state index contributed by atoms with van der Waals surface area (Å²) in [4.78, 5) is 24.3. The zero-order valence-corrected chi connectivity index (χ0v) is 12.0. The van der Waals surface area contributed by atoms with Gasteiger partial charge in [-0.2, -0.15) is 5.10 Å². The molecular weight excluding hydrogens is 268 g/mol. The van der Waals surface area contributed by atoms with Gasteiger partial charge < -0.3 is 0 Å². The second kappa shape index (κ2) is 5.30. The molecule has 0 spiro atoms. The normalized spacial score (nSPS) is 19.6. The van der Waals surface area contributed by atoms with Gasteiger partial charge in [0.15, 0.2) is 0 Å². The number of imide groups is 1. The van der Waals surface area contributed by atoms with E-state index in [0.29, 0.717) is 11.6 Å². The average Bonchev–Trinajstić information content (AvgIpc) is 2.79. The Hall–Kier alpha value is -1.40. The second-order valence-corrected chi connectivity index (χ2v) is 4.99. The largest absolute Gasteiger partial charge is 0.300 e. The lowest BCUT2D eigenvalue weighted by molar-refractivity contribution is -0.137. The summed E-state index contributed by atoms with van der Waals surface area (Å²) in [5, 5.41) is 8.00. The van der Waals surface area contributed by atoms with Crippen LogP contribution in [0.1, 0.15) is 24.7 Å². The molecule has 1 aromatic heterocycles. The molecule has 104 valence electrons. The lowest BCUT2D eigenvalue weighted by atomic mass is 10.2. The lowest BCUT2D eigenvalue weighted by Gasteiger charge is -2.11. The topological polar surface area (TPSA) is 67.2 Å². The van der Waals surface area contributed by atoms with Crippen molar-refractivity contribution in [3.8, 4) is 0 Å². The van der Waals surface area contributed by atoms with Crippen LogP contribution in [0.2, 0.25) is 5.02 Å². The Morgan fingerprint density at radius 2 is 2.11 bits per heavy atom. The summed E-state index contributed by atoms with van der Waals surface area (Å²) >= 11 is 6.22. The number of amides is 2. The van der Waals surface area contributed by atoms with Crippen LogP contribution >= 0.6 is 11.6 Å². The van der Waals surface area contributed by atoms with E-state index in [1.54, 1.807) is 4.68 Å². The predicted molar refractivity (Wildman–Crippen MR) is 70.6 cm³/mol. The summed E-state index contributed by atoms with van der Waals surface area (Å²) < 4.78 is 1.71. The van der Waals surface area contributed by atoms with Crippen molar-refractivity contribution in [3.05, 3.63) is 16.4 Å². The van der Waals surface area contributed by atoms with Crippen molar-refractivity contribution in [2.24, 2.45) is 7.05 Å². The molecule has 0 aliphatic carbocycles. The molecule has 0 bridgehead atoms. The third kappa shape index (κ3) is 2.50. The highest BCUT2D eigenvalue weighted by Gasteiger charge is 2.35. The maximum absolute atomic E-state index is 11.8. The molecule has 1 fully saturated rings. The standard InChI is InChI=1S/C12H17ClN4O2/c1-4-7-11(13)9(17(3)15-7)6-14-8-5-10(18)16(2)12(8)19/h8,14H,4-6H2,1-3H3. The van der Waals surface area contributed by atoms with Crippen LogP contribution < -0.4 is 5.32 Å². The van der Waals surface area contributed by atoms with Gasteiger partial charge in [0, 0.05) is 20.6 Å². The van der Waals surface area contributed by atoms with Gasteiger partial charge in [-0.15, -0.1) is 0 Å². The third-order valence-corrected chi connectivity index (χ3v) is 3.84. The second-order valence-electron chi connectivity index (χ2n) is 4.61. The minimum Gasteiger partial charge on any atom is -0.300 e. The number of nitrogens with one attached hydrogen (secondary N) is 1. The number of halogens is 1. The SMILES string of the molecule is CCc1nn(C)c(CNC2CC(=O)N(C)C2=O)c1Cl. The molecule has 1 aromatic rings. The highest BCUT2D eigenvalue weighted by molar-refractivity contribution is 6.31. The van der Waals surface area contributed by atoms with Crippen LogP contribution in [0.4, 0.5) is 0 Å². The number of likely N-dealkylation sites (N-methyl/N-ethyl adjacent to an activating group) is 1. The monoisotopic (exact) mass is 284 g/mol. The van der Waals surface area contributed by atoms with Gasteiger partial charge in [0.05, 0.1) is 28.9 Å². The summed E-state index contributed by atoms with van der Waals surface area (Å²) in [5.41, 5.74) is 1.67. The number of carbonyl (C=O) groups excluding carboxylic acids is 2. The van der Waals surface area contributed by atoms with E-state index in [2.05, 4.69) is 10.4 Å². The molecule has 19 heavy (non-hydrogen) atoms. The van der Waals surface area contributed by atoms with E-state index in [0.717, 1.165) is 22.7 Å². The van der Waals surface area contributed by atoms with Gasteiger partial charge in [0.2, 0.25) is 11.8 Å². The van der Waals surface area contributed by atoms with Crippen LogP contribution in [0, 0.1) is 0 Å². The lowest BCUT2D eigenvalue weighted by Crippen LogP contribution is -2.37. The molecule has 1 atom stereocenters. The molecule has 6 nitrogen and oxygen atoms in total. The van der Waals surface area contributed by atoms with E-state index < -0.39 is 6.04 Å². The molecule has 2 amide bonds. The first-order chi connectivity index (χ1) is 8.95. The van der Waals surface area contributed by atoms with Crippen LogP contribution in [0.15, 0.2) is 0 Å². The minimum atomic E-state index is -0.464. The van der Waals surface area contributed by atoms with E-state index in [4.69, 9.17) is 11.6 Å². The van der Waals surface area contributed by atoms with E-state index in [9.17, 15) is 9.59 Å². The van der Waals surface area contributed by atoms with E-state index >= 15 is 0 Å². The van der Waals surface area contributed by atoms with Gasteiger partial charge in [0.25, 0.3) is 0 Å². The van der Waals surface area contributed by atoms with Crippen molar-refractivity contribution >= 4 is 23.4 Å². The van der Waals surface area contributed by atoms with E-state index in [-0.39, 0.29) is 18.2 Å². The maximum atomic E-state index is 11.8. The molecule has 1 aliphatic rings. The van der Waals surface area contributed by atoms with Crippen LogP contribution in [-0.2, 0) is 29.6 Å². The fraction of sp³-hybridized carbons (Fsp3) is 0.583. The van der Waals surface area contributed by atoms with Gasteiger partial charge in [0.1, 0.15) is 0 Å². The molecule has 2 heterocycles. The Morgan fingerprint density at radius 3 is 2.58 bits per heavy atom. The fourth-order valence-electron chi connectivity index (χ4n) is 2.15. The summed E-state index contributed by atoms with van der Waals surface area (Å²) in [5.74, 6) is -0.355. The number of likely N-dealkylation sites (tertiary alicyclic amines) is 1. The molecule has 0 radical (unpaired) electrons. The van der Waals surface area contributed by atoms with Crippen molar-refractivity contribution in [2.75, 3.05) is 7.05 Å². The third-order valence-electron chi connectivity index (χ3n) is 3.40. The highest BCUT2D eigenvalue weighted by atomic mass is 35.5. The predicted octanol–water partition coefficient (Wildman–Crippen LogP) is 0.483. The van der Waals surface area contributed by atoms with Crippen LogP contribution in [0.5, 0.6) is 0 Å².